The molecule has 0 aliphatic rings. The van der Waals surface area contributed by atoms with Crippen LogP contribution in [0.1, 0.15) is 11.5 Å². The Kier molecular flexibility index (Phi) is 4.84. The molecule has 2 rings (SSSR count). The fraction of sp³-hybridized carbons (Fsp3) is 0.133. The third-order valence-electron chi connectivity index (χ3n) is 2.78. The smallest absolute Gasteiger partial charge is 0.0885 e. The summed E-state index contributed by atoms with van der Waals surface area (Å²) in [5, 5.41) is 13.1. The van der Waals surface area contributed by atoms with Crippen molar-refractivity contribution in [1.29, 1.82) is 5.26 Å². The van der Waals surface area contributed by atoms with E-state index in [-0.39, 0.29) is 5.92 Å². The van der Waals surface area contributed by atoms with Gasteiger partial charge in [-0.1, -0.05) is 57.9 Å². The van der Waals surface area contributed by atoms with Crippen LogP contribution < -0.4 is 5.32 Å². The van der Waals surface area contributed by atoms with Gasteiger partial charge in [0, 0.05) is 11.0 Å². The second-order valence-corrected chi connectivity index (χ2v) is 5.42. The van der Waals surface area contributed by atoms with Gasteiger partial charge in [0.05, 0.1) is 22.7 Å². The molecule has 0 aromatic heterocycles. The van der Waals surface area contributed by atoms with E-state index in [4.69, 9.17) is 11.6 Å². The van der Waals surface area contributed by atoms with Crippen LogP contribution in [0.15, 0.2) is 53.0 Å². The maximum atomic E-state index is 9.25. The van der Waals surface area contributed by atoms with Gasteiger partial charge >= 0.3 is 0 Å². The highest BCUT2D eigenvalue weighted by Gasteiger charge is 2.10. The SMILES string of the molecule is N#CC(CNc1cc(Br)ccc1Cl)c1ccccc1. The first-order valence-corrected chi connectivity index (χ1v) is 7.01. The number of rotatable bonds is 4. The first-order chi connectivity index (χ1) is 9.20. The van der Waals surface area contributed by atoms with Gasteiger partial charge in [0.2, 0.25) is 0 Å². The van der Waals surface area contributed by atoms with E-state index < -0.39 is 0 Å². The standard InChI is InChI=1S/C15H12BrClN2/c16-13-6-7-14(17)15(8-13)19-10-12(9-18)11-4-2-1-3-5-11/h1-8,12,19H,10H2. The van der Waals surface area contributed by atoms with Crippen molar-refractivity contribution in [2.75, 3.05) is 11.9 Å². The van der Waals surface area contributed by atoms with Crippen LogP contribution in [0, 0.1) is 11.3 Å². The molecule has 1 N–H and O–H groups in total. The minimum absolute atomic E-state index is 0.198. The molecular weight excluding hydrogens is 324 g/mol. The van der Waals surface area contributed by atoms with Gasteiger partial charge in [-0.25, -0.2) is 0 Å². The molecule has 0 aliphatic carbocycles. The lowest BCUT2D eigenvalue weighted by Crippen LogP contribution is -2.11. The van der Waals surface area contributed by atoms with E-state index >= 15 is 0 Å². The zero-order valence-corrected chi connectivity index (χ0v) is 12.4. The summed E-state index contributed by atoms with van der Waals surface area (Å²) in [6, 6.07) is 17.6. The second kappa shape index (κ2) is 6.60. The van der Waals surface area contributed by atoms with Gasteiger partial charge in [-0.3, -0.25) is 0 Å². The van der Waals surface area contributed by atoms with Crippen molar-refractivity contribution < 1.29 is 0 Å². The van der Waals surface area contributed by atoms with Crippen molar-refractivity contribution in [3.8, 4) is 6.07 Å². The number of hydrogen-bond donors (Lipinski definition) is 1. The average Bonchev–Trinajstić information content (AvgIpc) is 2.44. The van der Waals surface area contributed by atoms with Crippen molar-refractivity contribution in [1.82, 2.24) is 0 Å². The third-order valence-corrected chi connectivity index (χ3v) is 3.61. The van der Waals surface area contributed by atoms with Crippen LogP contribution in [0.5, 0.6) is 0 Å². The number of nitriles is 1. The molecule has 0 radical (unpaired) electrons. The molecule has 0 saturated heterocycles. The fourth-order valence-electron chi connectivity index (χ4n) is 1.77. The Morgan fingerprint density at radius 1 is 1.21 bits per heavy atom. The average molecular weight is 336 g/mol. The number of benzene rings is 2. The summed E-state index contributed by atoms with van der Waals surface area (Å²) in [4.78, 5) is 0. The molecule has 2 aromatic carbocycles. The van der Waals surface area contributed by atoms with E-state index in [1.54, 1.807) is 0 Å². The molecule has 0 fully saturated rings. The highest BCUT2D eigenvalue weighted by Crippen LogP contribution is 2.26. The van der Waals surface area contributed by atoms with E-state index in [9.17, 15) is 5.26 Å². The van der Waals surface area contributed by atoms with E-state index in [0.717, 1.165) is 15.7 Å². The summed E-state index contributed by atoms with van der Waals surface area (Å²) in [5.74, 6) is -0.198. The lowest BCUT2D eigenvalue weighted by molar-refractivity contribution is 0.901. The van der Waals surface area contributed by atoms with Gasteiger partial charge < -0.3 is 5.32 Å². The van der Waals surface area contributed by atoms with E-state index in [1.165, 1.54) is 0 Å². The van der Waals surface area contributed by atoms with Gasteiger partial charge in [0.15, 0.2) is 0 Å². The normalized spacial score (nSPS) is 11.6. The third kappa shape index (κ3) is 3.73. The van der Waals surface area contributed by atoms with Crippen LogP contribution >= 0.6 is 27.5 Å². The molecule has 4 heteroatoms. The van der Waals surface area contributed by atoms with Crippen molar-refractivity contribution in [2.45, 2.75) is 5.92 Å². The van der Waals surface area contributed by atoms with Crippen LogP contribution in [-0.2, 0) is 0 Å². The molecule has 96 valence electrons. The minimum Gasteiger partial charge on any atom is -0.382 e. The van der Waals surface area contributed by atoms with Crippen LogP contribution in [0.25, 0.3) is 0 Å². The molecule has 0 saturated carbocycles. The first kappa shape index (κ1) is 13.9. The van der Waals surface area contributed by atoms with E-state index in [1.807, 2.05) is 48.5 Å². The lowest BCUT2D eigenvalue weighted by atomic mass is 10.0. The zero-order valence-electron chi connectivity index (χ0n) is 10.1. The quantitative estimate of drug-likeness (QED) is 0.869. The summed E-state index contributed by atoms with van der Waals surface area (Å²) in [5.41, 5.74) is 1.83. The van der Waals surface area contributed by atoms with Gasteiger partial charge in [0.1, 0.15) is 0 Å². The molecule has 0 bridgehead atoms. The molecule has 0 spiro atoms. The largest absolute Gasteiger partial charge is 0.382 e. The highest BCUT2D eigenvalue weighted by atomic mass is 79.9. The maximum Gasteiger partial charge on any atom is 0.0885 e. The van der Waals surface area contributed by atoms with Crippen molar-refractivity contribution in [2.24, 2.45) is 0 Å². The summed E-state index contributed by atoms with van der Waals surface area (Å²) in [6.07, 6.45) is 0. The van der Waals surface area contributed by atoms with Gasteiger partial charge in [-0.15, -0.1) is 0 Å². The molecule has 1 atom stereocenters. The van der Waals surface area contributed by atoms with Gasteiger partial charge in [-0.2, -0.15) is 5.26 Å². The number of halogens is 2. The second-order valence-electron chi connectivity index (χ2n) is 4.10. The summed E-state index contributed by atoms with van der Waals surface area (Å²) < 4.78 is 0.951. The van der Waals surface area contributed by atoms with Crippen LogP contribution in [0.4, 0.5) is 5.69 Å². The summed E-state index contributed by atoms with van der Waals surface area (Å²) in [6.45, 7) is 0.524. The maximum absolute atomic E-state index is 9.25. The Hall–Kier alpha value is -1.50. The van der Waals surface area contributed by atoms with E-state index in [2.05, 4.69) is 27.3 Å². The van der Waals surface area contributed by atoms with Crippen LogP contribution in [0.3, 0.4) is 0 Å². The van der Waals surface area contributed by atoms with Crippen molar-refractivity contribution in [3.63, 3.8) is 0 Å². The van der Waals surface area contributed by atoms with Gasteiger partial charge in [0.25, 0.3) is 0 Å². The number of anilines is 1. The first-order valence-electron chi connectivity index (χ1n) is 5.84. The molecule has 2 aromatic rings. The lowest BCUT2D eigenvalue weighted by Gasteiger charge is -2.13. The minimum atomic E-state index is -0.198. The Balaban J connectivity index is 2.09. The molecule has 19 heavy (non-hydrogen) atoms. The number of nitrogens with zero attached hydrogens (tertiary/aromatic N) is 1. The zero-order chi connectivity index (χ0) is 13.7. The molecular formula is C15H12BrClN2. The topological polar surface area (TPSA) is 35.8 Å². The predicted octanol–water partition coefficient (Wildman–Crippen LogP) is 4.82. The Labute approximate surface area is 126 Å². The summed E-state index contributed by atoms with van der Waals surface area (Å²) >= 11 is 9.50. The Morgan fingerprint density at radius 3 is 2.63 bits per heavy atom. The summed E-state index contributed by atoms with van der Waals surface area (Å²) in [7, 11) is 0. The van der Waals surface area contributed by atoms with Crippen LogP contribution in [-0.4, -0.2) is 6.54 Å². The van der Waals surface area contributed by atoms with Crippen molar-refractivity contribution >= 4 is 33.2 Å². The highest BCUT2D eigenvalue weighted by molar-refractivity contribution is 9.10. The predicted molar refractivity (Wildman–Crippen MR) is 82.4 cm³/mol. The monoisotopic (exact) mass is 334 g/mol. The number of nitrogens with one attached hydrogen (secondary N) is 1. The molecule has 0 heterocycles. The van der Waals surface area contributed by atoms with Crippen molar-refractivity contribution in [3.05, 3.63) is 63.6 Å². The van der Waals surface area contributed by atoms with E-state index in [0.29, 0.717) is 11.6 Å². The van der Waals surface area contributed by atoms with Crippen LogP contribution in [0.2, 0.25) is 5.02 Å². The molecule has 2 nitrogen and oxygen atoms in total. The molecule has 0 aliphatic heterocycles. The molecule has 0 amide bonds. The molecule has 1 unspecified atom stereocenters. The number of hydrogen-bond acceptors (Lipinski definition) is 2. The Bertz CT molecular complexity index is 593. The Morgan fingerprint density at radius 2 is 1.95 bits per heavy atom. The fourth-order valence-corrected chi connectivity index (χ4v) is 2.31. The van der Waals surface area contributed by atoms with Gasteiger partial charge in [-0.05, 0) is 23.8 Å².